The molecule has 0 fully saturated rings. The Balaban J connectivity index is 2.04. The molecule has 7 heteroatoms. The third kappa shape index (κ3) is 3.90. The van der Waals surface area contributed by atoms with Crippen molar-refractivity contribution < 1.29 is 8.42 Å². The monoisotopic (exact) mass is 350 g/mol. The van der Waals surface area contributed by atoms with Crippen LogP contribution in [-0.4, -0.2) is 46.3 Å². The minimum absolute atomic E-state index is 0.0517. The summed E-state index contributed by atoms with van der Waals surface area (Å²) >= 11 is 12.0. The Hall–Kier alpha value is -0.330. The van der Waals surface area contributed by atoms with Crippen molar-refractivity contribution in [3.63, 3.8) is 0 Å². The van der Waals surface area contributed by atoms with Gasteiger partial charge in [0.2, 0.25) is 0 Å². The van der Waals surface area contributed by atoms with E-state index in [9.17, 15) is 8.42 Å². The fraction of sp³-hybridized carbons (Fsp3) is 0.571. The van der Waals surface area contributed by atoms with Crippen LogP contribution in [0.15, 0.2) is 17.0 Å². The zero-order chi connectivity index (χ0) is 15.6. The Morgan fingerprint density at radius 1 is 1.29 bits per heavy atom. The SMILES string of the molecule is CN(C)CCCCNC1CS(=O)(=O)c2c1ccc(Cl)c2Cl. The lowest BCUT2D eigenvalue weighted by atomic mass is 10.1. The van der Waals surface area contributed by atoms with Crippen LogP contribution < -0.4 is 5.32 Å². The number of fused-ring (bicyclic) bond motifs is 1. The normalized spacial score (nSPS) is 20.0. The van der Waals surface area contributed by atoms with Gasteiger partial charge in [-0.2, -0.15) is 0 Å². The topological polar surface area (TPSA) is 49.4 Å². The summed E-state index contributed by atoms with van der Waals surface area (Å²) in [5, 5.41) is 3.74. The molecule has 1 atom stereocenters. The quantitative estimate of drug-likeness (QED) is 0.801. The first-order chi connectivity index (χ1) is 9.83. The van der Waals surface area contributed by atoms with Crippen molar-refractivity contribution >= 4 is 33.0 Å². The molecule has 118 valence electrons. The van der Waals surface area contributed by atoms with Crippen molar-refractivity contribution in [2.24, 2.45) is 0 Å². The molecule has 0 amide bonds. The van der Waals surface area contributed by atoms with Crippen LogP contribution >= 0.6 is 23.2 Å². The third-order valence-electron chi connectivity index (χ3n) is 3.58. The number of rotatable bonds is 6. The first-order valence-electron chi connectivity index (χ1n) is 6.91. The van der Waals surface area contributed by atoms with Crippen LogP contribution in [0.4, 0.5) is 0 Å². The van der Waals surface area contributed by atoms with E-state index in [2.05, 4.69) is 10.2 Å². The van der Waals surface area contributed by atoms with Crippen molar-refractivity contribution in [1.29, 1.82) is 0 Å². The van der Waals surface area contributed by atoms with E-state index >= 15 is 0 Å². The Bertz CT molecular complexity index is 618. The highest BCUT2D eigenvalue weighted by molar-refractivity contribution is 7.92. The maximum atomic E-state index is 12.2. The number of halogens is 2. The van der Waals surface area contributed by atoms with Crippen LogP contribution in [0.25, 0.3) is 0 Å². The highest BCUT2D eigenvalue weighted by atomic mass is 35.5. The second-order valence-electron chi connectivity index (χ2n) is 5.58. The lowest BCUT2D eigenvalue weighted by Gasteiger charge is -2.14. The molecule has 1 heterocycles. The predicted octanol–water partition coefficient (Wildman–Crippen LogP) is 2.75. The molecule has 4 nitrogen and oxygen atoms in total. The Kier molecular flexibility index (Phi) is 5.54. The van der Waals surface area contributed by atoms with Crippen LogP contribution in [0.2, 0.25) is 10.0 Å². The number of sulfone groups is 1. The average Bonchev–Trinajstić information content (AvgIpc) is 2.65. The van der Waals surface area contributed by atoms with E-state index in [0.717, 1.165) is 31.5 Å². The van der Waals surface area contributed by atoms with Gasteiger partial charge in [-0.05, 0) is 51.7 Å². The molecule has 1 aromatic carbocycles. The third-order valence-corrected chi connectivity index (χ3v) is 6.33. The molecule has 1 aromatic rings. The first-order valence-corrected chi connectivity index (χ1v) is 9.32. The van der Waals surface area contributed by atoms with Crippen molar-refractivity contribution in [3.8, 4) is 0 Å². The van der Waals surface area contributed by atoms with Gasteiger partial charge in [0.15, 0.2) is 9.84 Å². The summed E-state index contributed by atoms with van der Waals surface area (Å²) in [5.41, 5.74) is 0.733. The van der Waals surface area contributed by atoms with E-state index in [0.29, 0.717) is 0 Å². The van der Waals surface area contributed by atoms with Gasteiger partial charge in [-0.25, -0.2) is 8.42 Å². The van der Waals surface area contributed by atoms with Crippen LogP contribution in [-0.2, 0) is 9.84 Å². The number of nitrogens with one attached hydrogen (secondary N) is 1. The summed E-state index contributed by atoms with van der Waals surface area (Å²) < 4.78 is 24.4. The lowest BCUT2D eigenvalue weighted by molar-refractivity contribution is 0.389. The van der Waals surface area contributed by atoms with Gasteiger partial charge in [-0.1, -0.05) is 29.3 Å². The molecule has 0 saturated carbocycles. The summed E-state index contributed by atoms with van der Waals surface area (Å²) in [6.45, 7) is 1.82. The van der Waals surface area contributed by atoms with E-state index in [-0.39, 0.29) is 26.7 Å². The van der Waals surface area contributed by atoms with Crippen LogP contribution in [0.5, 0.6) is 0 Å². The van der Waals surface area contributed by atoms with Crippen molar-refractivity contribution in [2.75, 3.05) is 32.9 Å². The highest BCUT2D eigenvalue weighted by Crippen LogP contribution is 2.41. The van der Waals surface area contributed by atoms with Gasteiger partial charge in [0, 0.05) is 6.04 Å². The lowest BCUT2D eigenvalue weighted by Crippen LogP contribution is -2.24. The van der Waals surface area contributed by atoms with E-state index in [1.807, 2.05) is 14.1 Å². The van der Waals surface area contributed by atoms with Gasteiger partial charge < -0.3 is 10.2 Å². The van der Waals surface area contributed by atoms with Crippen molar-refractivity contribution in [2.45, 2.75) is 23.8 Å². The van der Waals surface area contributed by atoms with Crippen LogP contribution in [0.3, 0.4) is 0 Å². The maximum Gasteiger partial charge on any atom is 0.182 e. The summed E-state index contributed by atoms with van der Waals surface area (Å²) in [5.74, 6) is 0.0517. The molecule has 1 N–H and O–H groups in total. The van der Waals surface area contributed by atoms with Crippen molar-refractivity contribution in [3.05, 3.63) is 27.7 Å². The molecule has 1 aliphatic heterocycles. The summed E-state index contributed by atoms with van der Waals surface area (Å²) in [6, 6.07) is 3.22. The fourth-order valence-corrected chi connectivity index (χ4v) is 5.12. The number of hydrogen-bond acceptors (Lipinski definition) is 4. The standard InChI is InChI=1S/C14H20Cl2N2O2S/c1-18(2)8-4-3-7-17-12-9-21(19,20)14-10(12)5-6-11(15)13(14)16/h5-6,12,17H,3-4,7-9H2,1-2H3. The minimum Gasteiger partial charge on any atom is -0.309 e. The zero-order valence-electron chi connectivity index (χ0n) is 12.2. The van der Waals surface area contributed by atoms with E-state index < -0.39 is 9.84 Å². The number of hydrogen-bond donors (Lipinski definition) is 1. The van der Waals surface area contributed by atoms with Gasteiger partial charge in [0.25, 0.3) is 0 Å². The Morgan fingerprint density at radius 2 is 2.00 bits per heavy atom. The molecule has 2 rings (SSSR count). The zero-order valence-corrected chi connectivity index (χ0v) is 14.5. The van der Waals surface area contributed by atoms with E-state index in [1.165, 1.54) is 0 Å². The smallest absolute Gasteiger partial charge is 0.182 e. The molecule has 0 saturated heterocycles. The van der Waals surface area contributed by atoms with Crippen LogP contribution in [0, 0.1) is 0 Å². The van der Waals surface area contributed by atoms with Crippen LogP contribution in [0.1, 0.15) is 24.4 Å². The van der Waals surface area contributed by atoms with Gasteiger partial charge in [-0.3, -0.25) is 0 Å². The molecule has 0 spiro atoms. The first kappa shape index (κ1) is 17.0. The highest BCUT2D eigenvalue weighted by Gasteiger charge is 2.37. The molecular weight excluding hydrogens is 331 g/mol. The average molecular weight is 351 g/mol. The van der Waals surface area contributed by atoms with Gasteiger partial charge in [0.05, 0.1) is 20.7 Å². The van der Waals surface area contributed by atoms with Crippen molar-refractivity contribution in [1.82, 2.24) is 10.2 Å². The number of unbranched alkanes of at least 4 members (excludes halogenated alkanes) is 1. The van der Waals surface area contributed by atoms with Gasteiger partial charge in [0.1, 0.15) is 0 Å². The fourth-order valence-electron chi connectivity index (χ4n) is 2.53. The number of nitrogens with zero attached hydrogens (tertiary/aromatic N) is 1. The summed E-state index contributed by atoms with van der Waals surface area (Å²) in [4.78, 5) is 2.33. The number of benzene rings is 1. The molecular formula is C14H20Cl2N2O2S. The second-order valence-corrected chi connectivity index (χ2v) is 8.33. The molecule has 1 aliphatic rings. The molecule has 0 aromatic heterocycles. The second kappa shape index (κ2) is 6.84. The minimum atomic E-state index is -3.35. The molecule has 0 aliphatic carbocycles. The molecule has 1 unspecified atom stereocenters. The summed E-state index contributed by atoms with van der Waals surface area (Å²) in [6.07, 6.45) is 2.08. The summed E-state index contributed by atoms with van der Waals surface area (Å²) in [7, 11) is 0.730. The largest absolute Gasteiger partial charge is 0.309 e. The van der Waals surface area contributed by atoms with Gasteiger partial charge >= 0.3 is 0 Å². The molecule has 0 radical (unpaired) electrons. The molecule has 21 heavy (non-hydrogen) atoms. The molecule has 0 bridgehead atoms. The van der Waals surface area contributed by atoms with Gasteiger partial charge in [-0.15, -0.1) is 0 Å². The Labute approximate surface area is 136 Å². The maximum absolute atomic E-state index is 12.2. The van der Waals surface area contributed by atoms with E-state index in [1.54, 1.807) is 12.1 Å². The van der Waals surface area contributed by atoms with E-state index in [4.69, 9.17) is 23.2 Å². The Morgan fingerprint density at radius 3 is 2.67 bits per heavy atom. The predicted molar refractivity (Wildman–Crippen MR) is 87.0 cm³/mol.